The Morgan fingerprint density at radius 3 is 2.67 bits per heavy atom. The van der Waals surface area contributed by atoms with Crippen LogP contribution in [-0.4, -0.2) is 22.3 Å². The molecule has 1 aromatic heterocycles. The summed E-state index contributed by atoms with van der Waals surface area (Å²) in [4.78, 5) is 20.3. The van der Waals surface area contributed by atoms with Crippen LogP contribution in [0.3, 0.4) is 0 Å². The summed E-state index contributed by atoms with van der Waals surface area (Å²) in [7, 11) is 0. The molecule has 0 aliphatic heterocycles. The maximum absolute atomic E-state index is 12.2. The molecule has 0 saturated heterocycles. The predicted molar refractivity (Wildman–Crippen MR) is 62.4 cm³/mol. The van der Waals surface area contributed by atoms with Gasteiger partial charge in [-0.05, 0) is 12.1 Å². The van der Waals surface area contributed by atoms with Crippen molar-refractivity contribution in [1.82, 2.24) is 4.57 Å². The van der Waals surface area contributed by atoms with E-state index in [0.29, 0.717) is 6.07 Å². The number of carbonyl (C=O) groups is 1. The van der Waals surface area contributed by atoms with Gasteiger partial charge in [0.1, 0.15) is 11.3 Å². The molecule has 21 heavy (non-hydrogen) atoms. The lowest BCUT2D eigenvalue weighted by atomic mass is 10.2. The molecule has 0 amide bonds. The van der Waals surface area contributed by atoms with E-state index in [9.17, 15) is 28.1 Å². The van der Waals surface area contributed by atoms with Crippen LogP contribution < -0.4 is 4.74 Å². The van der Waals surface area contributed by atoms with Gasteiger partial charge in [0.15, 0.2) is 6.73 Å². The maximum atomic E-state index is 12.2. The van der Waals surface area contributed by atoms with E-state index in [1.54, 1.807) is 0 Å². The van der Waals surface area contributed by atoms with Gasteiger partial charge in [0.05, 0.1) is 11.0 Å². The number of halogens is 3. The normalized spacial score (nSPS) is 11.4. The van der Waals surface area contributed by atoms with Crippen molar-refractivity contribution < 1.29 is 32.4 Å². The van der Waals surface area contributed by atoms with E-state index in [-0.39, 0.29) is 24.1 Å². The summed E-state index contributed by atoms with van der Waals surface area (Å²) < 4.78 is 46.0. The van der Waals surface area contributed by atoms with Crippen LogP contribution in [0.25, 0.3) is 10.9 Å². The zero-order valence-corrected chi connectivity index (χ0v) is 10.2. The van der Waals surface area contributed by atoms with Crippen molar-refractivity contribution in [3.05, 3.63) is 34.5 Å². The van der Waals surface area contributed by atoms with Crippen molar-refractivity contribution in [2.75, 3.05) is 0 Å². The number of nitro groups is 1. The lowest BCUT2D eigenvalue weighted by Gasteiger charge is -2.10. The fraction of sp³-hybridized carbons (Fsp3) is 0.182. The van der Waals surface area contributed by atoms with E-state index < -0.39 is 22.7 Å². The average Bonchev–Trinajstić information content (AvgIpc) is 2.76. The number of non-ortho nitro benzene ring substituents is 1. The molecule has 0 aliphatic rings. The molecule has 112 valence electrons. The summed E-state index contributed by atoms with van der Waals surface area (Å²) in [5.74, 6) is -0.698. The quantitative estimate of drug-likeness (QED) is 0.481. The molecule has 10 heteroatoms. The van der Waals surface area contributed by atoms with E-state index in [4.69, 9.17) is 0 Å². The number of hydrogen-bond donors (Lipinski definition) is 0. The number of rotatable bonds is 5. The zero-order chi connectivity index (χ0) is 15.6. The highest BCUT2D eigenvalue weighted by atomic mass is 19.4. The Labute approximate surface area is 114 Å². The first kappa shape index (κ1) is 14.6. The minimum absolute atomic E-state index is 0.0244. The van der Waals surface area contributed by atoms with Crippen molar-refractivity contribution >= 4 is 23.1 Å². The first-order valence-corrected chi connectivity index (χ1v) is 5.40. The Balaban J connectivity index is 2.55. The van der Waals surface area contributed by atoms with Gasteiger partial charge in [0.25, 0.3) is 12.2 Å². The summed E-state index contributed by atoms with van der Waals surface area (Å²) in [6.07, 6.45) is -3.61. The van der Waals surface area contributed by atoms with Crippen molar-refractivity contribution in [3.63, 3.8) is 0 Å². The SMILES string of the molecule is O=COCn1ccc2cc(OC(F)(F)F)cc([N+](=O)[O-])c21. The molecule has 0 saturated carbocycles. The lowest BCUT2D eigenvalue weighted by molar-refractivity contribution is -0.383. The molecule has 7 nitrogen and oxygen atoms in total. The van der Waals surface area contributed by atoms with Crippen molar-refractivity contribution in [2.45, 2.75) is 13.1 Å². The Bertz CT molecular complexity index is 695. The van der Waals surface area contributed by atoms with Crippen LogP contribution in [-0.2, 0) is 16.3 Å². The molecular weight excluding hydrogens is 297 g/mol. The fourth-order valence-electron chi connectivity index (χ4n) is 1.85. The molecule has 0 bridgehead atoms. The standard InChI is InChI=1S/C11H7F3N2O5/c12-11(13,14)21-8-3-7-1-2-15(5-20-6-17)10(7)9(4-8)16(18)19/h1-4,6H,5H2. The van der Waals surface area contributed by atoms with E-state index in [2.05, 4.69) is 9.47 Å². The van der Waals surface area contributed by atoms with Gasteiger partial charge in [0, 0.05) is 11.6 Å². The van der Waals surface area contributed by atoms with Gasteiger partial charge in [-0.1, -0.05) is 0 Å². The van der Waals surface area contributed by atoms with E-state index in [1.165, 1.54) is 16.8 Å². The highest BCUT2D eigenvalue weighted by Crippen LogP contribution is 2.34. The van der Waals surface area contributed by atoms with Gasteiger partial charge >= 0.3 is 6.36 Å². The molecule has 1 heterocycles. The molecule has 0 fully saturated rings. The maximum Gasteiger partial charge on any atom is 0.573 e. The predicted octanol–water partition coefficient (Wildman–Crippen LogP) is 2.58. The average molecular weight is 304 g/mol. The molecule has 0 atom stereocenters. The minimum Gasteiger partial charge on any atom is -0.446 e. The van der Waals surface area contributed by atoms with E-state index in [0.717, 1.165) is 6.07 Å². The number of aromatic nitrogens is 1. The number of ether oxygens (including phenoxy) is 2. The number of fused-ring (bicyclic) bond motifs is 1. The molecule has 1 aromatic carbocycles. The van der Waals surface area contributed by atoms with Gasteiger partial charge in [-0.15, -0.1) is 13.2 Å². The highest BCUT2D eigenvalue weighted by Gasteiger charge is 2.32. The van der Waals surface area contributed by atoms with Crippen LogP contribution in [0, 0.1) is 10.1 Å². The van der Waals surface area contributed by atoms with Crippen LogP contribution >= 0.6 is 0 Å². The number of nitrogens with zero attached hydrogens (tertiary/aromatic N) is 2. The summed E-state index contributed by atoms with van der Waals surface area (Å²) in [6.45, 7) is -0.147. The van der Waals surface area contributed by atoms with Gasteiger partial charge in [0.2, 0.25) is 0 Å². The topological polar surface area (TPSA) is 83.6 Å². The van der Waals surface area contributed by atoms with Gasteiger partial charge in [-0.25, -0.2) is 0 Å². The van der Waals surface area contributed by atoms with Gasteiger partial charge < -0.3 is 14.0 Å². The number of hydrogen-bond acceptors (Lipinski definition) is 5. The second kappa shape index (κ2) is 5.31. The summed E-state index contributed by atoms with van der Waals surface area (Å²) >= 11 is 0. The third kappa shape index (κ3) is 3.22. The van der Waals surface area contributed by atoms with E-state index in [1.807, 2.05) is 0 Å². The fourth-order valence-corrected chi connectivity index (χ4v) is 1.85. The van der Waals surface area contributed by atoms with Crippen molar-refractivity contribution in [2.24, 2.45) is 0 Å². The minimum atomic E-state index is -4.95. The van der Waals surface area contributed by atoms with Gasteiger partial charge in [-0.3, -0.25) is 14.9 Å². The Morgan fingerprint density at radius 1 is 1.38 bits per heavy atom. The summed E-state index contributed by atoms with van der Waals surface area (Å²) in [5, 5.41) is 11.2. The summed E-state index contributed by atoms with van der Waals surface area (Å²) in [5.41, 5.74) is -0.567. The molecule has 0 aliphatic carbocycles. The second-order valence-corrected chi connectivity index (χ2v) is 3.86. The summed E-state index contributed by atoms with van der Waals surface area (Å²) in [6, 6.07) is 3.01. The van der Waals surface area contributed by atoms with Gasteiger partial charge in [-0.2, -0.15) is 0 Å². The van der Waals surface area contributed by atoms with Crippen molar-refractivity contribution in [1.29, 1.82) is 0 Å². The first-order chi connectivity index (χ1) is 9.81. The molecule has 0 N–H and O–H groups in total. The smallest absolute Gasteiger partial charge is 0.446 e. The largest absolute Gasteiger partial charge is 0.573 e. The van der Waals surface area contributed by atoms with Crippen LogP contribution in [0.2, 0.25) is 0 Å². The van der Waals surface area contributed by atoms with Crippen LogP contribution in [0.5, 0.6) is 5.75 Å². The molecule has 2 rings (SSSR count). The number of nitro benzene ring substituents is 1. The van der Waals surface area contributed by atoms with Crippen LogP contribution in [0.1, 0.15) is 0 Å². The van der Waals surface area contributed by atoms with Crippen LogP contribution in [0.4, 0.5) is 18.9 Å². The Morgan fingerprint density at radius 2 is 2.10 bits per heavy atom. The second-order valence-electron chi connectivity index (χ2n) is 3.86. The van der Waals surface area contributed by atoms with Crippen molar-refractivity contribution in [3.8, 4) is 5.75 Å². The molecular formula is C11H7F3N2O5. The zero-order valence-electron chi connectivity index (χ0n) is 10.2. The lowest BCUT2D eigenvalue weighted by Crippen LogP contribution is -2.17. The van der Waals surface area contributed by atoms with Crippen LogP contribution in [0.15, 0.2) is 24.4 Å². The number of benzene rings is 1. The molecule has 0 spiro atoms. The molecule has 2 aromatic rings. The first-order valence-electron chi connectivity index (χ1n) is 5.40. The number of carbonyl (C=O) groups excluding carboxylic acids is 1. The Hall–Kier alpha value is -2.78. The molecule has 0 radical (unpaired) electrons. The third-order valence-electron chi connectivity index (χ3n) is 2.53. The monoisotopic (exact) mass is 304 g/mol. The Kier molecular flexibility index (Phi) is 3.70. The molecule has 0 unspecified atom stereocenters. The van der Waals surface area contributed by atoms with E-state index >= 15 is 0 Å². The number of alkyl halides is 3. The highest BCUT2D eigenvalue weighted by molar-refractivity contribution is 5.90. The third-order valence-corrected chi connectivity index (χ3v) is 2.53.